The lowest BCUT2D eigenvalue weighted by molar-refractivity contribution is -0.121. The van der Waals surface area contributed by atoms with E-state index in [0.29, 0.717) is 43.1 Å². The van der Waals surface area contributed by atoms with Crippen LogP contribution in [0.15, 0.2) is 54.6 Å². The molecule has 0 aliphatic heterocycles. The fourth-order valence-corrected chi connectivity index (χ4v) is 3.68. The van der Waals surface area contributed by atoms with Crippen LogP contribution in [-0.4, -0.2) is 35.2 Å². The van der Waals surface area contributed by atoms with Gasteiger partial charge in [0, 0.05) is 25.1 Å². The average molecular weight is 439 g/mol. The van der Waals surface area contributed by atoms with E-state index < -0.39 is 0 Å². The van der Waals surface area contributed by atoms with Gasteiger partial charge in [0.15, 0.2) is 0 Å². The SMILES string of the molecule is CCOc1ccc(CCNC(=O)CCCc2nnc(C(=O)Nc3ccccc3)s2)cc1. The quantitative estimate of drug-likeness (QED) is 0.474. The van der Waals surface area contributed by atoms with Crippen molar-refractivity contribution in [1.82, 2.24) is 15.5 Å². The van der Waals surface area contributed by atoms with Crippen LogP contribution < -0.4 is 15.4 Å². The lowest BCUT2D eigenvalue weighted by Gasteiger charge is -2.06. The fourth-order valence-electron chi connectivity index (χ4n) is 2.91. The van der Waals surface area contributed by atoms with Crippen molar-refractivity contribution in [2.75, 3.05) is 18.5 Å². The molecule has 0 aliphatic carbocycles. The van der Waals surface area contributed by atoms with E-state index in [2.05, 4.69) is 20.8 Å². The first-order valence-electron chi connectivity index (χ1n) is 10.3. The maximum atomic E-state index is 12.2. The monoisotopic (exact) mass is 438 g/mol. The van der Waals surface area contributed by atoms with Crippen molar-refractivity contribution < 1.29 is 14.3 Å². The Hall–Kier alpha value is -3.26. The summed E-state index contributed by atoms with van der Waals surface area (Å²) in [5, 5.41) is 14.8. The van der Waals surface area contributed by atoms with Crippen molar-refractivity contribution in [3.8, 4) is 5.75 Å². The number of hydrogen-bond acceptors (Lipinski definition) is 6. The molecule has 3 aromatic rings. The van der Waals surface area contributed by atoms with Gasteiger partial charge in [0.2, 0.25) is 10.9 Å². The summed E-state index contributed by atoms with van der Waals surface area (Å²) >= 11 is 1.26. The second-order valence-electron chi connectivity index (χ2n) is 6.85. The van der Waals surface area contributed by atoms with Crippen LogP contribution in [0.5, 0.6) is 5.75 Å². The first-order chi connectivity index (χ1) is 15.1. The molecule has 0 aliphatic rings. The van der Waals surface area contributed by atoms with E-state index in [1.807, 2.05) is 61.5 Å². The summed E-state index contributed by atoms with van der Waals surface area (Å²) < 4.78 is 5.42. The maximum Gasteiger partial charge on any atom is 0.286 e. The molecular formula is C23H26N4O3S. The number of ether oxygens (including phenoxy) is 1. The second-order valence-corrected chi connectivity index (χ2v) is 7.91. The molecule has 7 nitrogen and oxygen atoms in total. The number of para-hydroxylation sites is 1. The van der Waals surface area contributed by atoms with Crippen molar-refractivity contribution in [3.63, 3.8) is 0 Å². The molecular weight excluding hydrogens is 412 g/mol. The third-order valence-electron chi connectivity index (χ3n) is 4.46. The zero-order valence-electron chi connectivity index (χ0n) is 17.5. The molecule has 2 N–H and O–H groups in total. The van der Waals surface area contributed by atoms with Crippen molar-refractivity contribution in [3.05, 3.63) is 70.2 Å². The Morgan fingerprint density at radius 2 is 1.77 bits per heavy atom. The van der Waals surface area contributed by atoms with Crippen LogP contribution >= 0.6 is 11.3 Å². The number of carbonyl (C=O) groups is 2. The molecule has 0 fully saturated rings. The lowest BCUT2D eigenvalue weighted by atomic mass is 10.1. The van der Waals surface area contributed by atoms with E-state index in [0.717, 1.165) is 22.7 Å². The summed E-state index contributed by atoms with van der Waals surface area (Å²) in [6, 6.07) is 17.1. The topological polar surface area (TPSA) is 93.2 Å². The highest BCUT2D eigenvalue weighted by Gasteiger charge is 2.13. The summed E-state index contributed by atoms with van der Waals surface area (Å²) in [5.74, 6) is 0.590. The minimum absolute atomic E-state index is 0.0116. The number of carbonyl (C=O) groups excluding carboxylic acids is 2. The van der Waals surface area contributed by atoms with Gasteiger partial charge < -0.3 is 15.4 Å². The van der Waals surface area contributed by atoms with Gasteiger partial charge >= 0.3 is 0 Å². The third kappa shape index (κ3) is 7.49. The van der Waals surface area contributed by atoms with E-state index in [4.69, 9.17) is 4.74 Å². The van der Waals surface area contributed by atoms with Crippen molar-refractivity contribution in [2.45, 2.75) is 32.6 Å². The summed E-state index contributed by atoms with van der Waals surface area (Å²) in [5.41, 5.74) is 1.87. The molecule has 31 heavy (non-hydrogen) atoms. The Labute approximate surface area is 185 Å². The number of rotatable bonds is 11. The zero-order valence-corrected chi connectivity index (χ0v) is 18.3. The van der Waals surface area contributed by atoms with Crippen molar-refractivity contribution in [2.24, 2.45) is 0 Å². The van der Waals surface area contributed by atoms with Gasteiger partial charge in [0.1, 0.15) is 10.8 Å². The van der Waals surface area contributed by atoms with E-state index in [-0.39, 0.29) is 11.8 Å². The zero-order chi connectivity index (χ0) is 21.9. The number of nitrogens with zero attached hydrogens (tertiary/aromatic N) is 2. The molecule has 0 bridgehead atoms. The molecule has 0 saturated carbocycles. The summed E-state index contributed by atoms with van der Waals surface area (Å²) in [7, 11) is 0. The number of amides is 2. The third-order valence-corrected chi connectivity index (χ3v) is 5.44. The average Bonchev–Trinajstić information content (AvgIpc) is 3.25. The van der Waals surface area contributed by atoms with Crippen molar-refractivity contribution in [1.29, 1.82) is 0 Å². The van der Waals surface area contributed by atoms with Crippen LogP contribution in [0.1, 0.15) is 40.1 Å². The molecule has 1 heterocycles. The first-order valence-corrected chi connectivity index (χ1v) is 11.1. The molecule has 0 radical (unpaired) electrons. The Kier molecular flexibility index (Phi) is 8.54. The van der Waals surface area contributed by atoms with Crippen LogP contribution in [0.4, 0.5) is 5.69 Å². The van der Waals surface area contributed by atoms with Gasteiger partial charge in [0.25, 0.3) is 5.91 Å². The van der Waals surface area contributed by atoms with Crippen LogP contribution in [-0.2, 0) is 17.6 Å². The standard InChI is InChI=1S/C23H26N4O3S/c1-2-30-19-13-11-17(12-14-19)15-16-24-20(28)9-6-10-21-26-27-23(31-21)22(29)25-18-7-4-3-5-8-18/h3-5,7-8,11-14H,2,6,9-10,15-16H2,1H3,(H,24,28)(H,25,29). The molecule has 0 atom stereocenters. The fraction of sp³-hybridized carbons (Fsp3) is 0.304. The number of aromatic nitrogens is 2. The predicted molar refractivity (Wildman–Crippen MR) is 122 cm³/mol. The highest BCUT2D eigenvalue weighted by Crippen LogP contribution is 2.15. The Balaban J connectivity index is 1.33. The number of aryl methyl sites for hydroxylation is 1. The minimum atomic E-state index is -0.276. The van der Waals surface area contributed by atoms with E-state index in [9.17, 15) is 9.59 Å². The molecule has 1 aromatic heterocycles. The molecule has 3 rings (SSSR count). The largest absolute Gasteiger partial charge is 0.494 e. The van der Waals surface area contributed by atoms with E-state index in [1.165, 1.54) is 11.3 Å². The number of nitrogens with one attached hydrogen (secondary N) is 2. The van der Waals surface area contributed by atoms with Gasteiger partial charge in [-0.15, -0.1) is 10.2 Å². The molecule has 2 aromatic carbocycles. The van der Waals surface area contributed by atoms with Gasteiger partial charge in [-0.2, -0.15) is 0 Å². The minimum Gasteiger partial charge on any atom is -0.494 e. The predicted octanol–water partition coefficient (Wildman–Crippen LogP) is 3.87. The summed E-state index contributed by atoms with van der Waals surface area (Å²) in [6.45, 7) is 3.19. The van der Waals surface area contributed by atoms with Crippen LogP contribution in [0.3, 0.4) is 0 Å². The highest BCUT2D eigenvalue weighted by atomic mass is 32.1. The van der Waals surface area contributed by atoms with Gasteiger partial charge in [-0.3, -0.25) is 9.59 Å². The number of hydrogen-bond donors (Lipinski definition) is 2. The lowest BCUT2D eigenvalue weighted by Crippen LogP contribution is -2.25. The Bertz CT molecular complexity index is 974. The van der Waals surface area contributed by atoms with Gasteiger partial charge in [-0.25, -0.2) is 0 Å². The summed E-state index contributed by atoms with van der Waals surface area (Å²) in [4.78, 5) is 24.3. The second kappa shape index (κ2) is 11.8. The number of anilines is 1. The van der Waals surface area contributed by atoms with Gasteiger partial charge in [0.05, 0.1) is 6.61 Å². The molecule has 0 spiro atoms. The Morgan fingerprint density at radius 3 is 2.52 bits per heavy atom. The van der Waals surface area contributed by atoms with Gasteiger partial charge in [-0.05, 0) is 49.6 Å². The summed E-state index contributed by atoms with van der Waals surface area (Å²) in [6.07, 6.45) is 2.45. The van der Waals surface area contributed by atoms with Crippen LogP contribution in [0, 0.1) is 0 Å². The smallest absolute Gasteiger partial charge is 0.286 e. The van der Waals surface area contributed by atoms with E-state index >= 15 is 0 Å². The van der Waals surface area contributed by atoms with Gasteiger partial charge in [-0.1, -0.05) is 41.7 Å². The molecule has 0 saturated heterocycles. The van der Waals surface area contributed by atoms with Crippen LogP contribution in [0.25, 0.3) is 0 Å². The van der Waals surface area contributed by atoms with Crippen molar-refractivity contribution >= 4 is 28.8 Å². The molecule has 8 heteroatoms. The Morgan fingerprint density at radius 1 is 1.00 bits per heavy atom. The maximum absolute atomic E-state index is 12.2. The first kappa shape index (κ1) is 22.4. The molecule has 162 valence electrons. The highest BCUT2D eigenvalue weighted by molar-refractivity contribution is 7.13. The molecule has 0 unspecified atom stereocenters. The van der Waals surface area contributed by atoms with E-state index in [1.54, 1.807) is 0 Å². The normalized spacial score (nSPS) is 10.5. The number of benzene rings is 2. The van der Waals surface area contributed by atoms with Crippen LogP contribution in [0.2, 0.25) is 0 Å². The molecule has 2 amide bonds.